The molecule has 0 radical (unpaired) electrons. The van der Waals surface area contributed by atoms with Crippen molar-refractivity contribution in [1.29, 1.82) is 0 Å². The van der Waals surface area contributed by atoms with E-state index in [4.69, 9.17) is 14.2 Å². The molecule has 1 saturated carbocycles. The Morgan fingerprint density at radius 1 is 0.940 bits per heavy atom. The van der Waals surface area contributed by atoms with Gasteiger partial charge in [0.05, 0.1) is 24.2 Å². The van der Waals surface area contributed by atoms with Gasteiger partial charge in [0.2, 0.25) is 5.91 Å². The summed E-state index contributed by atoms with van der Waals surface area (Å²) in [5.41, 5.74) is -5.50. The zero-order valence-corrected chi connectivity index (χ0v) is 30.6. The fourth-order valence-corrected chi connectivity index (χ4v) is 7.42. The monoisotopic (exact) mass is 725 g/mol. The van der Waals surface area contributed by atoms with E-state index in [1.807, 2.05) is 70.7 Å². The minimum atomic E-state index is -5.80. The molecular formula is C37H50F3NO8S. The predicted molar refractivity (Wildman–Crippen MR) is 182 cm³/mol. The second kappa shape index (κ2) is 15.5. The van der Waals surface area contributed by atoms with Crippen LogP contribution in [0.3, 0.4) is 0 Å². The van der Waals surface area contributed by atoms with Crippen LogP contribution in [0, 0.1) is 11.3 Å². The first-order valence-electron chi connectivity index (χ1n) is 17.2. The van der Waals surface area contributed by atoms with E-state index in [9.17, 15) is 31.2 Å². The maximum atomic E-state index is 13.8. The molecule has 9 nitrogen and oxygen atoms in total. The summed E-state index contributed by atoms with van der Waals surface area (Å²) in [6.07, 6.45) is 4.73. The van der Waals surface area contributed by atoms with Crippen molar-refractivity contribution in [1.82, 2.24) is 4.90 Å². The highest BCUT2D eigenvalue weighted by molar-refractivity contribution is 7.88. The van der Waals surface area contributed by atoms with Gasteiger partial charge in [-0.3, -0.25) is 9.59 Å². The molecule has 1 heterocycles. The highest BCUT2D eigenvalue weighted by Gasteiger charge is 2.49. The van der Waals surface area contributed by atoms with Gasteiger partial charge >= 0.3 is 21.6 Å². The van der Waals surface area contributed by atoms with Crippen molar-refractivity contribution in [2.75, 3.05) is 19.8 Å². The molecule has 1 saturated heterocycles. The van der Waals surface area contributed by atoms with Crippen molar-refractivity contribution in [3.8, 4) is 11.5 Å². The first kappa shape index (κ1) is 39.5. The lowest BCUT2D eigenvalue weighted by molar-refractivity contribution is -0.149. The molecule has 0 spiro atoms. The topological polar surface area (TPSA) is 108 Å². The minimum absolute atomic E-state index is 0.0140. The fourth-order valence-electron chi connectivity index (χ4n) is 6.96. The zero-order chi connectivity index (χ0) is 37.0. The van der Waals surface area contributed by atoms with E-state index in [-0.39, 0.29) is 23.9 Å². The molecule has 2 fully saturated rings. The van der Waals surface area contributed by atoms with Crippen molar-refractivity contribution in [3.05, 3.63) is 59.7 Å². The SMILES string of the molecule is CCOC(=O)C1CCC(Oc2ccc(CN(CCC3(c4ccc(OS(=O)(=O)C(F)(F)F)cc4)CCOC(C)(C)C3)C(=O)C(C)(C)C)cc2)CC1. The smallest absolute Gasteiger partial charge is 0.490 e. The van der Waals surface area contributed by atoms with Crippen LogP contribution in [0.15, 0.2) is 48.5 Å². The first-order chi connectivity index (χ1) is 23.2. The third-order valence-electron chi connectivity index (χ3n) is 9.48. The van der Waals surface area contributed by atoms with E-state index < -0.39 is 37.8 Å². The van der Waals surface area contributed by atoms with Gasteiger partial charge in [-0.2, -0.15) is 21.6 Å². The lowest BCUT2D eigenvalue weighted by Gasteiger charge is -2.46. The van der Waals surface area contributed by atoms with Crippen LogP contribution in [-0.4, -0.2) is 62.2 Å². The number of hydrogen-bond acceptors (Lipinski definition) is 8. The number of esters is 1. The molecule has 1 unspecified atom stereocenters. The van der Waals surface area contributed by atoms with Crippen molar-refractivity contribution in [2.45, 2.75) is 116 Å². The van der Waals surface area contributed by atoms with E-state index in [1.165, 1.54) is 12.1 Å². The average molecular weight is 726 g/mol. The van der Waals surface area contributed by atoms with Gasteiger partial charge in [0.25, 0.3) is 0 Å². The number of nitrogens with zero attached hydrogens (tertiary/aromatic N) is 1. The Labute approximate surface area is 293 Å². The number of amides is 1. The highest BCUT2D eigenvalue weighted by atomic mass is 32.2. The zero-order valence-electron chi connectivity index (χ0n) is 29.8. The van der Waals surface area contributed by atoms with E-state index in [0.29, 0.717) is 45.6 Å². The van der Waals surface area contributed by atoms with Gasteiger partial charge in [0, 0.05) is 30.5 Å². The number of benzene rings is 2. The molecule has 1 amide bonds. The molecule has 50 heavy (non-hydrogen) atoms. The Hall–Kier alpha value is -3.32. The Morgan fingerprint density at radius 2 is 1.54 bits per heavy atom. The standard InChI is InChI=1S/C37H50F3NO8S/c1-7-46-32(42)27-10-16-30(17-11-27)48-29-14-8-26(9-15-29)24-41(33(43)34(2,3)4)22-20-36(21-23-47-35(5,6)25-36)28-12-18-31(19-13-28)49-50(44,45)37(38,39)40/h8-9,12-15,18-19,27,30H,7,10-11,16-17,20-25H2,1-6H3. The number of ether oxygens (including phenoxy) is 3. The Kier molecular flexibility index (Phi) is 12.2. The largest absolute Gasteiger partial charge is 0.534 e. The first-order valence-corrected chi connectivity index (χ1v) is 18.6. The predicted octanol–water partition coefficient (Wildman–Crippen LogP) is 7.71. The maximum Gasteiger partial charge on any atom is 0.534 e. The Balaban J connectivity index is 1.49. The van der Waals surface area contributed by atoms with Gasteiger partial charge in [-0.25, -0.2) is 0 Å². The van der Waals surface area contributed by atoms with E-state index in [1.54, 1.807) is 12.1 Å². The molecule has 2 aliphatic rings. The molecule has 2 aromatic carbocycles. The lowest BCUT2D eigenvalue weighted by atomic mass is 9.67. The van der Waals surface area contributed by atoms with Gasteiger partial charge in [-0.05, 0) is 101 Å². The van der Waals surface area contributed by atoms with Crippen LogP contribution in [0.4, 0.5) is 13.2 Å². The average Bonchev–Trinajstić information content (AvgIpc) is 3.02. The summed E-state index contributed by atoms with van der Waals surface area (Å²) in [4.78, 5) is 27.7. The third kappa shape index (κ3) is 10.1. The second-order valence-corrected chi connectivity index (χ2v) is 16.6. The number of carbonyl (C=O) groups is 2. The fraction of sp³-hybridized carbons (Fsp3) is 0.622. The normalized spacial score (nSPS) is 22.7. The molecule has 0 N–H and O–H groups in total. The summed E-state index contributed by atoms with van der Waals surface area (Å²) in [5, 5.41) is 0. The van der Waals surface area contributed by atoms with Crippen molar-refractivity contribution in [2.24, 2.45) is 11.3 Å². The van der Waals surface area contributed by atoms with Gasteiger partial charge in [0.15, 0.2) is 0 Å². The molecule has 1 atom stereocenters. The third-order valence-corrected chi connectivity index (χ3v) is 10.5. The molecular weight excluding hydrogens is 675 g/mol. The van der Waals surface area contributed by atoms with Crippen molar-refractivity contribution >= 4 is 22.0 Å². The molecule has 0 aromatic heterocycles. The number of hydrogen-bond donors (Lipinski definition) is 0. The number of halogens is 3. The van der Waals surface area contributed by atoms with Crippen LogP contribution < -0.4 is 8.92 Å². The van der Waals surface area contributed by atoms with Crippen LogP contribution in [0.25, 0.3) is 0 Å². The summed E-state index contributed by atoms with van der Waals surface area (Å²) in [7, 11) is -5.80. The van der Waals surface area contributed by atoms with Gasteiger partial charge < -0.3 is 23.3 Å². The summed E-state index contributed by atoms with van der Waals surface area (Å²) in [6, 6.07) is 13.4. The second-order valence-electron chi connectivity index (χ2n) is 15.0. The van der Waals surface area contributed by atoms with Crippen molar-refractivity contribution in [3.63, 3.8) is 0 Å². The molecule has 4 rings (SSSR count). The molecule has 278 valence electrons. The van der Waals surface area contributed by atoms with Gasteiger partial charge in [0.1, 0.15) is 11.5 Å². The molecule has 13 heteroatoms. The number of carbonyl (C=O) groups excluding carboxylic acids is 2. The van der Waals surface area contributed by atoms with Crippen LogP contribution in [-0.2, 0) is 41.1 Å². The Bertz CT molecular complexity index is 1560. The minimum Gasteiger partial charge on any atom is -0.490 e. The number of rotatable bonds is 12. The molecule has 1 aliphatic carbocycles. The van der Waals surface area contributed by atoms with Crippen LogP contribution in [0.5, 0.6) is 11.5 Å². The maximum absolute atomic E-state index is 13.8. The van der Waals surface area contributed by atoms with E-state index in [0.717, 1.165) is 42.6 Å². The van der Waals surface area contributed by atoms with E-state index >= 15 is 0 Å². The van der Waals surface area contributed by atoms with Crippen LogP contribution >= 0.6 is 0 Å². The van der Waals surface area contributed by atoms with Crippen LogP contribution in [0.2, 0.25) is 0 Å². The quantitative estimate of drug-likeness (QED) is 0.124. The van der Waals surface area contributed by atoms with Crippen LogP contribution in [0.1, 0.15) is 97.6 Å². The summed E-state index contributed by atoms with van der Waals surface area (Å²) < 4.78 is 83.6. The van der Waals surface area contributed by atoms with Gasteiger partial charge in [-0.1, -0.05) is 45.0 Å². The Morgan fingerprint density at radius 3 is 2.08 bits per heavy atom. The molecule has 1 aliphatic heterocycles. The molecule has 2 aromatic rings. The summed E-state index contributed by atoms with van der Waals surface area (Å²) in [6.45, 7) is 12.9. The van der Waals surface area contributed by atoms with Gasteiger partial charge in [-0.15, -0.1) is 0 Å². The molecule has 0 bridgehead atoms. The number of alkyl halides is 3. The summed E-state index contributed by atoms with van der Waals surface area (Å²) >= 11 is 0. The van der Waals surface area contributed by atoms with E-state index in [2.05, 4.69) is 4.18 Å². The van der Waals surface area contributed by atoms with Crippen molar-refractivity contribution < 1.29 is 49.6 Å². The summed E-state index contributed by atoms with van der Waals surface area (Å²) in [5.74, 6) is 0.0416. The lowest BCUT2D eigenvalue weighted by Crippen LogP contribution is -2.47. The highest BCUT2D eigenvalue weighted by Crippen LogP contribution is 2.45.